The van der Waals surface area contributed by atoms with Crippen LogP contribution in [0.25, 0.3) is 0 Å². The highest BCUT2D eigenvalue weighted by Gasteiger charge is 2.22. The van der Waals surface area contributed by atoms with Crippen molar-refractivity contribution in [1.29, 1.82) is 0 Å². The second-order valence-corrected chi connectivity index (χ2v) is 5.55. The van der Waals surface area contributed by atoms with Crippen LogP contribution < -0.4 is 10.6 Å². The van der Waals surface area contributed by atoms with E-state index in [1.54, 1.807) is 0 Å². The van der Waals surface area contributed by atoms with Crippen LogP contribution >= 0.6 is 0 Å². The van der Waals surface area contributed by atoms with Crippen molar-refractivity contribution in [2.45, 2.75) is 32.8 Å². The smallest absolute Gasteiger partial charge is 0.314 e. The molecule has 7 nitrogen and oxygen atoms in total. The number of amides is 2. The van der Waals surface area contributed by atoms with Gasteiger partial charge < -0.3 is 20.6 Å². The number of aliphatic carboxylic acids is 1. The number of urea groups is 1. The molecule has 1 aromatic rings. The maximum atomic E-state index is 11.5. The van der Waals surface area contributed by atoms with Crippen LogP contribution in [0, 0.1) is 13.8 Å². The molecule has 0 aliphatic carbocycles. The molecule has 1 aromatic carbocycles. The van der Waals surface area contributed by atoms with Gasteiger partial charge in [-0.15, -0.1) is 0 Å². The summed E-state index contributed by atoms with van der Waals surface area (Å²) < 4.78 is 0. The molecule has 124 valence electrons. The standard InChI is InChI=1S/C16H21N3O4/c1-10-3-4-12(7-11(10)2)14-8-13(23-19-14)9-18-16(22)17-6-5-15(20)21/h3-4,7,13H,5-6,8-9H2,1-2H3,(H,20,21)(H2,17,18,22). The molecular weight excluding hydrogens is 298 g/mol. The van der Waals surface area contributed by atoms with Gasteiger partial charge >= 0.3 is 12.0 Å². The Hall–Kier alpha value is -2.57. The number of hydrogen-bond donors (Lipinski definition) is 3. The van der Waals surface area contributed by atoms with Gasteiger partial charge in [0.2, 0.25) is 0 Å². The fraction of sp³-hybridized carbons (Fsp3) is 0.438. The number of hydrogen-bond acceptors (Lipinski definition) is 4. The molecule has 1 aliphatic heterocycles. The average Bonchev–Trinajstić information content (AvgIpc) is 2.96. The average molecular weight is 319 g/mol. The SMILES string of the molecule is Cc1ccc(C2=NOC(CNC(=O)NCCC(=O)O)C2)cc1C. The molecule has 0 spiro atoms. The lowest BCUT2D eigenvalue weighted by Gasteiger charge is -2.10. The minimum Gasteiger partial charge on any atom is -0.481 e. The molecule has 23 heavy (non-hydrogen) atoms. The second kappa shape index (κ2) is 7.62. The highest BCUT2D eigenvalue weighted by molar-refractivity contribution is 6.01. The Bertz CT molecular complexity index is 628. The first-order valence-corrected chi connectivity index (χ1v) is 7.49. The number of carboxylic acid groups (broad SMARTS) is 1. The van der Waals surface area contributed by atoms with E-state index in [-0.39, 0.29) is 19.1 Å². The highest BCUT2D eigenvalue weighted by Crippen LogP contribution is 2.18. The third kappa shape index (κ3) is 4.98. The number of nitrogens with zero attached hydrogens (tertiary/aromatic N) is 1. The van der Waals surface area contributed by atoms with Gasteiger partial charge in [0, 0.05) is 13.0 Å². The molecule has 0 saturated heterocycles. The first-order chi connectivity index (χ1) is 11.0. The fourth-order valence-electron chi connectivity index (χ4n) is 2.18. The van der Waals surface area contributed by atoms with Crippen molar-refractivity contribution in [3.05, 3.63) is 34.9 Å². The number of carbonyl (C=O) groups excluding carboxylic acids is 1. The predicted molar refractivity (Wildman–Crippen MR) is 85.6 cm³/mol. The van der Waals surface area contributed by atoms with Crippen molar-refractivity contribution in [2.75, 3.05) is 13.1 Å². The predicted octanol–water partition coefficient (Wildman–Crippen LogP) is 1.57. The molecule has 0 fully saturated rings. The van der Waals surface area contributed by atoms with Gasteiger partial charge in [0.1, 0.15) is 0 Å². The van der Waals surface area contributed by atoms with E-state index >= 15 is 0 Å². The summed E-state index contributed by atoms with van der Waals surface area (Å²) in [5.41, 5.74) is 4.32. The Morgan fingerprint density at radius 1 is 1.30 bits per heavy atom. The number of oxime groups is 1. The van der Waals surface area contributed by atoms with Gasteiger partial charge in [0.05, 0.1) is 18.7 Å². The van der Waals surface area contributed by atoms with Crippen molar-refractivity contribution in [3.63, 3.8) is 0 Å². The Balaban J connectivity index is 1.75. The zero-order valence-electron chi connectivity index (χ0n) is 13.3. The Morgan fingerprint density at radius 3 is 2.78 bits per heavy atom. The van der Waals surface area contributed by atoms with E-state index in [2.05, 4.69) is 41.8 Å². The van der Waals surface area contributed by atoms with Gasteiger partial charge in [-0.2, -0.15) is 0 Å². The van der Waals surface area contributed by atoms with Crippen molar-refractivity contribution in [3.8, 4) is 0 Å². The van der Waals surface area contributed by atoms with Crippen LogP contribution in [0.15, 0.2) is 23.4 Å². The molecule has 7 heteroatoms. The van der Waals surface area contributed by atoms with Crippen molar-refractivity contribution in [2.24, 2.45) is 5.16 Å². The van der Waals surface area contributed by atoms with Crippen LogP contribution in [0.5, 0.6) is 0 Å². The van der Waals surface area contributed by atoms with Gasteiger partial charge in [-0.3, -0.25) is 4.79 Å². The van der Waals surface area contributed by atoms with Crippen LogP contribution in [-0.4, -0.2) is 42.0 Å². The van der Waals surface area contributed by atoms with Gasteiger partial charge in [-0.1, -0.05) is 17.3 Å². The lowest BCUT2D eigenvalue weighted by atomic mass is 10.0. The Morgan fingerprint density at radius 2 is 2.09 bits per heavy atom. The van der Waals surface area contributed by atoms with E-state index in [1.807, 2.05) is 6.07 Å². The highest BCUT2D eigenvalue weighted by atomic mass is 16.6. The van der Waals surface area contributed by atoms with Crippen LogP contribution in [0.4, 0.5) is 4.79 Å². The monoisotopic (exact) mass is 319 g/mol. The summed E-state index contributed by atoms with van der Waals surface area (Å²) in [6, 6.07) is 5.73. The molecule has 0 aromatic heterocycles. The van der Waals surface area contributed by atoms with Gasteiger partial charge in [0.25, 0.3) is 0 Å². The third-order valence-electron chi connectivity index (χ3n) is 3.69. The summed E-state index contributed by atoms with van der Waals surface area (Å²) in [6.45, 7) is 4.52. The Labute approximate surface area is 134 Å². The van der Waals surface area contributed by atoms with Crippen molar-refractivity contribution < 1.29 is 19.5 Å². The van der Waals surface area contributed by atoms with E-state index in [1.165, 1.54) is 11.1 Å². The second-order valence-electron chi connectivity index (χ2n) is 5.55. The molecule has 2 amide bonds. The lowest BCUT2D eigenvalue weighted by molar-refractivity contribution is -0.136. The topological polar surface area (TPSA) is 100 Å². The summed E-state index contributed by atoms with van der Waals surface area (Å²) in [5, 5.41) is 17.7. The van der Waals surface area contributed by atoms with Gasteiger partial charge in [-0.05, 0) is 36.6 Å². The van der Waals surface area contributed by atoms with Crippen LogP contribution in [0.3, 0.4) is 0 Å². The first kappa shape index (κ1) is 16.8. The molecule has 1 atom stereocenters. The molecule has 1 unspecified atom stereocenters. The summed E-state index contributed by atoms with van der Waals surface area (Å²) in [6.07, 6.45) is 0.308. The molecule has 2 rings (SSSR count). The van der Waals surface area contributed by atoms with E-state index in [4.69, 9.17) is 9.94 Å². The van der Waals surface area contributed by atoms with Gasteiger partial charge in [-0.25, -0.2) is 4.79 Å². The summed E-state index contributed by atoms with van der Waals surface area (Å²) in [7, 11) is 0. The van der Waals surface area contributed by atoms with Crippen molar-refractivity contribution in [1.82, 2.24) is 10.6 Å². The minimum absolute atomic E-state index is 0.0943. The molecular formula is C16H21N3O4. The number of rotatable bonds is 6. The molecule has 3 N–H and O–H groups in total. The fourth-order valence-corrected chi connectivity index (χ4v) is 2.18. The number of nitrogens with one attached hydrogen (secondary N) is 2. The minimum atomic E-state index is -0.948. The zero-order valence-corrected chi connectivity index (χ0v) is 13.3. The van der Waals surface area contributed by atoms with Gasteiger partial charge in [0.15, 0.2) is 6.10 Å². The Kier molecular flexibility index (Phi) is 5.56. The number of benzene rings is 1. The number of carbonyl (C=O) groups is 2. The lowest BCUT2D eigenvalue weighted by Crippen LogP contribution is -2.40. The van der Waals surface area contributed by atoms with Crippen molar-refractivity contribution >= 4 is 17.7 Å². The summed E-state index contributed by atoms with van der Waals surface area (Å²) in [4.78, 5) is 27.2. The van der Waals surface area contributed by atoms with E-state index in [0.29, 0.717) is 13.0 Å². The normalized spacial score (nSPS) is 16.4. The zero-order chi connectivity index (χ0) is 16.8. The molecule has 0 saturated carbocycles. The maximum absolute atomic E-state index is 11.5. The third-order valence-corrected chi connectivity index (χ3v) is 3.69. The number of carboxylic acids is 1. The molecule has 0 bridgehead atoms. The maximum Gasteiger partial charge on any atom is 0.314 e. The van der Waals surface area contributed by atoms with Crippen LogP contribution in [-0.2, 0) is 9.63 Å². The first-order valence-electron chi connectivity index (χ1n) is 7.49. The molecule has 1 heterocycles. The largest absolute Gasteiger partial charge is 0.481 e. The van der Waals surface area contributed by atoms with E-state index in [0.717, 1.165) is 11.3 Å². The summed E-state index contributed by atoms with van der Waals surface area (Å²) >= 11 is 0. The summed E-state index contributed by atoms with van der Waals surface area (Å²) in [5.74, 6) is -0.948. The number of aryl methyl sites for hydroxylation is 2. The van der Waals surface area contributed by atoms with Crippen LogP contribution in [0.1, 0.15) is 29.5 Å². The van der Waals surface area contributed by atoms with Crippen LogP contribution in [0.2, 0.25) is 0 Å². The quantitative estimate of drug-likeness (QED) is 0.741. The molecule has 0 radical (unpaired) electrons. The molecule has 1 aliphatic rings. The van der Waals surface area contributed by atoms with E-state index < -0.39 is 12.0 Å². The van der Waals surface area contributed by atoms with E-state index in [9.17, 15) is 9.59 Å².